The van der Waals surface area contributed by atoms with E-state index in [1.807, 2.05) is 0 Å². The van der Waals surface area contributed by atoms with Crippen LogP contribution in [0.3, 0.4) is 0 Å². The minimum absolute atomic E-state index is 0. The molecule has 0 radical (unpaired) electrons. The van der Waals surface area contributed by atoms with E-state index in [4.69, 9.17) is 0 Å². The second-order valence-electron chi connectivity index (χ2n) is 6.63. The van der Waals surface area contributed by atoms with E-state index in [2.05, 4.69) is 30.3 Å². The first-order valence-electron chi connectivity index (χ1n) is 8.05. The molecule has 1 N–H and O–H groups in total. The zero-order chi connectivity index (χ0) is 13.1. The average molecular weight is 294 g/mol. The van der Waals surface area contributed by atoms with Gasteiger partial charge in [-0.2, -0.15) is 0 Å². The number of hydrogen-bond acceptors (Lipinski definition) is 1. The molecule has 2 aliphatic carbocycles. The summed E-state index contributed by atoms with van der Waals surface area (Å²) in [5, 5.41) is 10.8. The Kier molecular flexibility index (Phi) is 5.51. The Morgan fingerprint density at radius 2 is 1.65 bits per heavy atom. The summed E-state index contributed by atoms with van der Waals surface area (Å²) in [5.41, 5.74) is 1.45. The van der Waals surface area contributed by atoms with E-state index < -0.39 is 0 Å². The highest BCUT2D eigenvalue weighted by Crippen LogP contribution is 2.48. The van der Waals surface area contributed by atoms with Gasteiger partial charge >= 0.3 is 0 Å². The maximum Gasteiger partial charge on any atom is 0.0639 e. The van der Waals surface area contributed by atoms with Crippen molar-refractivity contribution in [2.45, 2.75) is 69.3 Å². The fourth-order valence-electron chi connectivity index (χ4n) is 4.11. The molecule has 0 spiro atoms. The predicted octanol–water partition coefficient (Wildman–Crippen LogP) is 1.44. The van der Waals surface area contributed by atoms with Crippen LogP contribution in [0.2, 0.25) is 0 Å². The third-order valence-electron chi connectivity index (χ3n) is 5.51. The van der Waals surface area contributed by atoms with E-state index in [1.54, 1.807) is 0 Å². The van der Waals surface area contributed by atoms with Gasteiger partial charge in [-0.3, -0.25) is 0 Å². The van der Waals surface area contributed by atoms with Gasteiger partial charge in [-0.05, 0) is 30.7 Å². The summed E-state index contributed by atoms with van der Waals surface area (Å²) >= 11 is 0. The lowest BCUT2D eigenvalue weighted by atomic mass is 9.59. The second kappa shape index (κ2) is 6.95. The van der Waals surface area contributed by atoms with E-state index >= 15 is 0 Å². The van der Waals surface area contributed by atoms with Crippen LogP contribution in [0, 0.1) is 5.92 Å². The van der Waals surface area contributed by atoms with Crippen LogP contribution < -0.4 is 12.4 Å². The molecule has 1 unspecified atom stereocenters. The van der Waals surface area contributed by atoms with Crippen molar-refractivity contribution in [2.75, 3.05) is 0 Å². The van der Waals surface area contributed by atoms with E-state index in [0.717, 1.165) is 12.3 Å². The molecule has 20 heavy (non-hydrogen) atoms. The molecule has 0 saturated heterocycles. The Morgan fingerprint density at radius 3 is 2.20 bits per heavy atom. The number of halogens is 1. The van der Waals surface area contributed by atoms with Crippen molar-refractivity contribution in [2.24, 2.45) is 5.92 Å². The zero-order valence-corrected chi connectivity index (χ0v) is 13.0. The van der Waals surface area contributed by atoms with Gasteiger partial charge in [-0.25, -0.2) is 0 Å². The van der Waals surface area contributed by atoms with Crippen LogP contribution in [0.25, 0.3) is 0 Å². The highest BCUT2D eigenvalue weighted by molar-refractivity contribution is 5.29. The molecule has 0 aliphatic heterocycles. The molecule has 0 heterocycles. The number of rotatable bonds is 4. The molecule has 0 bridgehead atoms. The summed E-state index contributed by atoms with van der Waals surface area (Å²) in [4.78, 5) is 0. The Balaban J connectivity index is 0.00000147. The lowest BCUT2D eigenvalue weighted by Crippen LogP contribution is -3.00. The molecule has 1 aromatic rings. The molecule has 2 saturated carbocycles. The minimum Gasteiger partial charge on any atom is -1.00 e. The molecular weight excluding hydrogens is 268 g/mol. The fourth-order valence-corrected chi connectivity index (χ4v) is 4.11. The maximum absolute atomic E-state index is 10.8. The summed E-state index contributed by atoms with van der Waals surface area (Å²) in [5.74, 6) is 0.768. The van der Waals surface area contributed by atoms with Crippen molar-refractivity contribution >= 4 is 0 Å². The van der Waals surface area contributed by atoms with Crippen LogP contribution in [0.5, 0.6) is 0 Å². The van der Waals surface area contributed by atoms with E-state index in [-0.39, 0.29) is 23.9 Å². The number of aliphatic hydroxyl groups is 1. The molecule has 2 aliphatic rings. The van der Waals surface area contributed by atoms with Crippen molar-refractivity contribution in [3.8, 4) is 0 Å². The Hall–Kier alpha value is -0.530. The van der Waals surface area contributed by atoms with Crippen LogP contribution >= 0.6 is 0 Å². The number of benzene rings is 1. The van der Waals surface area contributed by atoms with E-state index in [9.17, 15) is 5.11 Å². The quantitative estimate of drug-likeness (QED) is 0.891. The summed E-state index contributed by atoms with van der Waals surface area (Å²) in [6, 6.07) is 10.7. The average Bonchev–Trinajstić information content (AvgIpc) is 2.40. The summed E-state index contributed by atoms with van der Waals surface area (Å²) < 4.78 is 0. The Morgan fingerprint density at radius 1 is 1.00 bits per heavy atom. The molecule has 1 nitrogen and oxygen atoms in total. The highest BCUT2D eigenvalue weighted by atomic mass is 35.5. The first-order chi connectivity index (χ1) is 9.31. The maximum atomic E-state index is 10.8. The molecule has 2 fully saturated rings. The van der Waals surface area contributed by atoms with Crippen molar-refractivity contribution in [1.82, 2.24) is 0 Å². The van der Waals surface area contributed by atoms with Crippen LogP contribution in [0.15, 0.2) is 30.3 Å². The summed E-state index contributed by atoms with van der Waals surface area (Å²) in [6.45, 7) is 0. The van der Waals surface area contributed by atoms with Gasteiger partial charge in [0.1, 0.15) is 0 Å². The first-order valence-corrected chi connectivity index (χ1v) is 8.05. The molecule has 1 atom stereocenters. The number of hydrogen-bond donors (Lipinski definition) is 1. The van der Waals surface area contributed by atoms with Gasteiger partial charge in [0.2, 0.25) is 0 Å². The third kappa shape index (κ3) is 3.04. The van der Waals surface area contributed by atoms with Crippen LogP contribution in [-0.2, 0) is 5.41 Å². The normalized spacial score (nSPS) is 23.4. The molecule has 112 valence electrons. The Bertz CT molecular complexity index is 393. The monoisotopic (exact) mass is 293 g/mol. The van der Waals surface area contributed by atoms with Crippen molar-refractivity contribution in [3.05, 3.63) is 35.9 Å². The van der Waals surface area contributed by atoms with Gasteiger partial charge in [0.15, 0.2) is 0 Å². The SMILES string of the molecule is OC(CC1CCCCC1)C1(c2ccccc2)CCC1.[Cl-]. The molecule has 2 heteroatoms. The lowest BCUT2D eigenvalue weighted by molar-refractivity contribution is -0.0000207. The third-order valence-corrected chi connectivity index (χ3v) is 5.51. The zero-order valence-electron chi connectivity index (χ0n) is 12.2. The Labute approximate surface area is 129 Å². The topological polar surface area (TPSA) is 20.2 Å². The largest absolute Gasteiger partial charge is 1.00 e. The van der Waals surface area contributed by atoms with Gasteiger partial charge < -0.3 is 17.5 Å². The van der Waals surface area contributed by atoms with Crippen molar-refractivity contribution < 1.29 is 17.5 Å². The number of aliphatic hydroxyl groups excluding tert-OH is 1. The molecule has 3 rings (SSSR count). The van der Waals surface area contributed by atoms with Crippen molar-refractivity contribution in [3.63, 3.8) is 0 Å². The molecule has 0 amide bonds. The van der Waals surface area contributed by atoms with Gasteiger partial charge in [-0.15, -0.1) is 0 Å². The molecule has 1 aromatic carbocycles. The van der Waals surface area contributed by atoms with Gasteiger partial charge in [-0.1, -0.05) is 68.9 Å². The summed E-state index contributed by atoms with van der Waals surface area (Å²) in [6.07, 6.45) is 11.3. The second-order valence-corrected chi connectivity index (χ2v) is 6.63. The molecular formula is C18H26ClO-. The van der Waals surface area contributed by atoms with Gasteiger partial charge in [0, 0.05) is 5.41 Å². The fraction of sp³-hybridized carbons (Fsp3) is 0.667. The standard InChI is InChI=1S/C18H26O.ClH/c19-17(14-15-8-3-1-4-9-15)18(12-7-13-18)16-10-5-2-6-11-16;/h2,5-6,10-11,15,17,19H,1,3-4,7-9,12-14H2;1H/p-1. The van der Waals surface area contributed by atoms with Crippen LogP contribution in [0.1, 0.15) is 63.4 Å². The summed E-state index contributed by atoms with van der Waals surface area (Å²) in [7, 11) is 0. The van der Waals surface area contributed by atoms with Crippen LogP contribution in [-0.4, -0.2) is 11.2 Å². The van der Waals surface area contributed by atoms with E-state index in [0.29, 0.717) is 0 Å². The molecule has 0 aromatic heterocycles. The lowest BCUT2D eigenvalue weighted by Gasteiger charge is -2.47. The minimum atomic E-state index is -0.133. The highest BCUT2D eigenvalue weighted by Gasteiger charge is 2.45. The van der Waals surface area contributed by atoms with Crippen LogP contribution in [0.4, 0.5) is 0 Å². The van der Waals surface area contributed by atoms with E-state index in [1.165, 1.54) is 56.9 Å². The first kappa shape index (κ1) is 15.9. The van der Waals surface area contributed by atoms with Crippen molar-refractivity contribution in [1.29, 1.82) is 0 Å². The smallest absolute Gasteiger partial charge is 0.0639 e. The predicted molar refractivity (Wildman–Crippen MR) is 79.2 cm³/mol. The van der Waals surface area contributed by atoms with Gasteiger partial charge in [0.25, 0.3) is 0 Å². The van der Waals surface area contributed by atoms with Gasteiger partial charge in [0.05, 0.1) is 6.10 Å².